The molecule has 0 fully saturated rings. The molecule has 9 heteroatoms. The summed E-state index contributed by atoms with van der Waals surface area (Å²) in [7, 11) is -4.12. The van der Waals surface area contributed by atoms with Gasteiger partial charge in [0.05, 0.1) is 23.5 Å². The summed E-state index contributed by atoms with van der Waals surface area (Å²) in [5.41, 5.74) is 0. The van der Waals surface area contributed by atoms with Crippen molar-refractivity contribution in [1.29, 1.82) is 0 Å². The first-order chi connectivity index (χ1) is 8.44. The van der Waals surface area contributed by atoms with Crippen molar-refractivity contribution in [3.8, 4) is 5.75 Å². The lowest BCUT2D eigenvalue weighted by atomic mass is 10.3. The van der Waals surface area contributed by atoms with Gasteiger partial charge in [0.2, 0.25) is 0 Å². The molecule has 0 aromatic heterocycles. The predicted octanol–water partition coefficient (Wildman–Crippen LogP) is 2.05. The molecule has 0 aliphatic carbocycles. The van der Waals surface area contributed by atoms with Gasteiger partial charge < -0.3 is 9.84 Å². The van der Waals surface area contributed by atoms with Crippen LogP contribution in [0, 0.1) is 0 Å². The molecule has 0 saturated carbocycles. The SMILES string of the molecule is CCOS(=O)(=O)OSc1ccccc1OC(=O)O. The van der Waals surface area contributed by atoms with Crippen molar-refractivity contribution in [2.45, 2.75) is 11.8 Å². The summed E-state index contributed by atoms with van der Waals surface area (Å²) in [6, 6.07) is 5.94. The summed E-state index contributed by atoms with van der Waals surface area (Å²) in [5, 5.41) is 8.49. The Morgan fingerprint density at radius 1 is 1.39 bits per heavy atom. The Labute approximate surface area is 108 Å². The lowest BCUT2D eigenvalue weighted by molar-refractivity contribution is 0.143. The fraction of sp³-hybridized carbons (Fsp3) is 0.222. The molecule has 0 atom stereocenters. The molecule has 0 saturated heterocycles. The number of hydrogen-bond donors (Lipinski definition) is 1. The number of carboxylic acid groups (broad SMARTS) is 1. The third-order valence-electron chi connectivity index (χ3n) is 1.52. The van der Waals surface area contributed by atoms with Crippen LogP contribution in [0.3, 0.4) is 0 Å². The highest BCUT2D eigenvalue weighted by molar-refractivity contribution is 8.03. The second-order valence-corrected chi connectivity index (χ2v) is 4.98. The highest BCUT2D eigenvalue weighted by Gasteiger charge is 2.15. The molecule has 18 heavy (non-hydrogen) atoms. The van der Waals surface area contributed by atoms with E-state index in [-0.39, 0.29) is 17.3 Å². The van der Waals surface area contributed by atoms with Gasteiger partial charge >= 0.3 is 16.6 Å². The molecular formula is C9H10O7S2. The zero-order valence-corrected chi connectivity index (χ0v) is 10.9. The van der Waals surface area contributed by atoms with Crippen LogP contribution < -0.4 is 4.74 Å². The number of carbonyl (C=O) groups is 1. The molecule has 0 heterocycles. The second kappa shape index (κ2) is 6.59. The maximum absolute atomic E-state index is 11.1. The molecule has 1 rings (SSSR count). The lowest BCUT2D eigenvalue weighted by Gasteiger charge is -2.06. The molecular weight excluding hydrogens is 284 g/mol. The summed E-state index contributed by atoms with van der Waals surface area (Å²) in [6.07, 6.45) is -1.50. The van der Waals surface area contributed by atoms with Gasteiger partial charge in [0.1, 0.15) is 5.75 Å². The van der Waals surface area contributed by atoms with E-state index in [2.05, 4.69) is 12.5 Å². The number of para-hydroxylation sites is 1. The van der Waals surface area contributed by atoms with E-state index in [1.54, 1.807) is 12.1 Å². The molecule has 1 aromatic rings. The van der Waals surface area contributed by atoms with Crippen LogP contribution in [0.4, 0.5) is 4.79 Å². The van der Waals surface area contributed by atoms with E-state index in [1.807, 2.05) is 0 Å². The molecule has 0 aliphatic heterocycles. The van der Waals surface area contributed by atoms with E-state index in [0.717, 1.165) is 0 Å². The Morgan fingerprint density at radius 3 is 2.67 bits per heavy atom. The minimum absolute atomic E-state index is 0.0262. The van der Waals surface area contributed by atoms with Crippen molar-refractivity contribution in [2.75, 3.05) is 6.61 Å². The van der Waals surface area contributed by atoms with Crippen LogP contribution in [-0.4, -0.2) is 26.3 Å². The Morgan fingerprint density at radius 2 is 2.06 bits per heavy atom. The van der Waals surface area contributed by atoms with Gasteiger partial charge in [0, 0.05) is 0 Å². The fourth-order valence-corrected chi connectivity index (χ4v) is 2.34. The van der Waals surface area contributed by atoms with Crippen LogP contribution in [0.25, 0.3) is 0 Å². The van der Waals surface area contributed by atoms with Gasteiger partial charge in [0.25, 0.3) is 0 Å². The van der Waals surface area contributed by atoms with Crippen LogP contribution in [0.5, 0.6) is 5.75 Å². The Bertz CT molecular complexity index is 511. The van der Waals surface area contributed by atoms with Crippen molar-refractivity contribution in [2.24, 2.45) is 0 Å². The zero-order chi connectivity index (χ0) is 13.6. The second-order valence-electron chi connectivity index (χ2n) is 2.78. The molecule has 0 amide bonds. The fourth-order valence-electron chi connectivity index (χ4n) is 0.940. The normalized spacial score (nSPS) is 11.2. The summed E-state index contributed by atoms with van der Waals surface area (Å²) in [4.78, 5) is 10.6. The third kappa shape index (κ3) is 4.92. The number of hydrogen-bond acceptors (Lipinski definition) is 7. The van der Waals surface area contributed by atoms with Gasteiger partial charge in [-0.15, -0.1) is 0 Å². The number of ether oxygens (including phenoxy) is 1. The lowest BCUT2D eigenvalue weighted by Crippen LogP contribution is -2.06. The number of benzene rings is 1. The van der Waals surface area contributed by atoms with E-state index < -0.39 is 16.6 Å². The van der Waals surface area contributed by atoms with Gasteiger partial charge in [-0.2, -0.15) is 12.0 Å². The average Bonchev–Trinajstić information content (AvgIpc) is 2.27. The van der Waals surface area contributed by atoms with Gasteiger partial charge in [0.15, 0.2) is 0 Å². The minimum Gasteiger partial charge on any atom is -0.449 e. The van der Waals surface area contributed by atoms with Crippen molar-refractivity contribution >= 4 is 28.6 Å². The summed E-state index contributed by atoms with van der Waals surface area (Å²) in [6.45, 7) is 1.43. The Balaban J connectivity index is 2.76. The summed E-state index contributed by atoms with van der Waals surface area (Å²) in [5.74, 6) is -0.0262. The maximum Gasteiger partial charge on any atom is 0.511 e. The highest BCUT2D eigenvalue weighted by Crippen LogP contribution is 2.31. The Hall–Kier alpha value is -1.29. The third-order valence-corrected chi connectivity index (χ3v) is 3.50. The molecule has 1 N–H and O–H groups in total. The van der Waals surface area contributed by atoms with Gasteiger partial charge in [-0.05, 0) is 19.1 Å². The van der Waals surface area contributed by atoms with Crippen molar-refractivity contribution in [3.05, 3.63) is 24.3 Å². The summed E-state index contributed by atoms with van der Waals surface area (Å²) < 4.78 is 35.5. The molecule has 0 bridgehead atoms. The van der Waals surface area contributed by atoms with E-state index in [4.69, 9.17) is 5.11 Å². The van der Waals surface area contributed by atoms with E-state index in [0.29, 0.717) is 12.0 Å². The molecule has 0 unspecified atom stereocenters. The van der Waals surface area contributed by atoms with E-state index >= 15 is 0 Å². The van der Waals surface area contributed by atoms with E-state index in [1.165, 1.54) is 19.1 Å². The van der Waals surface area contributed by atoms with Crippen LogP contribution in [0.15, 0.2) is 29.2 Å². The minimum atomic E-state index is -4.12. The molecule has 7 nitrogen and oxygen atoms in total. The van der Waals surface area contributed by atoms with Crippen LogP contribution in [0.2, 0.25) is 0 Å². The first kappa shape index (κ1) is 14.8. The topological polar surface area (TPSA) is 99.1 Å². The first-order valence-electron chi connectivity index (χ1n) is 4.70. The van der Waals surface area contributed by atoms with Gasteiger partial charge in [-0.1, -0.05) is 12.1 Å². The molecule has 100 valence electrons. The molecule has 0 spiro atoms. The van der Waals surface area contributed by atoms with Crippen molar-refractivity contribution in [3.63, 3.8) is 0 Å². The number of rotatable bonds is 6. The summed E-state index contributed by atoms with van der Waals surface area (Å²) >= 11 is 0.435. The smallest absolute Gasteiger partial charge is 0.449 e. The zero-order valence-electron chi connectivity index (χ0n) is 9.23. The van der Waals surface area contributed by atoms with Gasteiger partial charge in [-0.25, -0.2) is 8.98 Å². The van der Waals surface area contributed by atoms with Crippen LogP contribution in [0.1, 0.15) is 6.92 Å². The quantitative estimate of drug-likeness (QED) is 0.483. The maximum atomic E-state index is 11.1. The standard InChI is InChI=1S/C9H10O7S2/c1-2-14-18(12,13)16-17-8-6-4-3-5-7(8)15-9(10)11/h3-6H,2H2,1H3,(H,10,11). The first-order valence-corrected chi connectivity index (χ1v) is 6.77. The van der Waals surface area contributed by atoms with Crippen LogP contribution >= 0.6 is 12.0 Å². The molecule has 1 aromatic carbocycles. The predicted molar refractivity (Wildman–Crippen MR) is 62.6 cm³/mol. The monoisotopic (exact) mass is 294 g/mol. The Kier molecular flexibility index (Phi) is 5.41. The highest BCUT2D eigenvalue weighted by atomic mass is 32.3. The van der Waals surface area contributed by atoms with Crippen molar-refractivity contribution < 1.29 is 30.9 Å². The van der Waals surface area contributed by atoms with E-state index in [9.17, 15) is 13.2 Å². The molecule has 0 radical (unpaired) electrons. The largest absolute Gasteiger partial charge is 0.511 e. The van der Waals surface area contributed by atoms with Gasteiger partial charge in [-0.3, -0.25) is 0 Å². The average molecular weight is 294 g/mol. The van der Waals surface area contributed by atoms with Crippen LogP contribution in [-0.2, 0) is 18.2 Å². The molecule has 0 aliphatic rings. The van der Waals surface area contributed by atoms with Crippen molar-refractivity contribution in [1.82, 2.24) is 0 Å².